The zero-order valence-electron chi connectivity index (χ0n) is 9.30. The summed E-state index contributed by atoms with van der Waals surface area (Å²) in [5, 5.41) is 2.10. The molecule has 3 saturated heterocycles. The molecular weight excluding hydrogens is 388 g/mol. The van der Waals surface area contributed by atoms with Crippen LogP contribution >= 0.6 is 47.0 Å². The summed E-state index contributed by atoms with van der Waals surface area (Å²) in [5.41, 5.74) is 0. The van der Waals surface area contributed by atoms with Crippen LogP contribution in [0.2, 0.25) is 0 Å². The number of hydrogen-bond acceptors (Lipinski definition) is 4. The summed E-state index contributed by atoms with van der Waals surface area (Å²) in [7, 11) is 0. The topological polar surface area (TPSA) is 0 Å². The average Bonchev–Trinajstić information content (AvgIpc) is 3.17. The van der Waals surface area contributed by atoms with E-state index in [1.807, 2.05) is 0 Å². The van der Waals surface area contributed by atoms with E-state index in [0.717, 1.165) is 17.1 Å². The van der Waals surface area contributed by atoms with Crippen molar-refractivity contribution in [1.29, 1.82) is 0 Å². The summed E-state index contributed by atoms with van der Waals surface area (Å²) in [4.78, 5) is 0. The van der Waals surface area contributed by atoms with Crippen LogP contribution in [-0.2, 0) is 0 Å². The van der Waals surface area contributed by atoms with Gasteiger partial charge >= 0.3 is 127 Å². The van der Waals surface area contributed by atoms with Gasteiger partial charge in [0.05, 0.1) is 0 Å². The molecule has 0 spiro atoms. The Hall–Kier alpha value is 2.19. The molecule has 16 heavy (non-hydrogen) atoms. The molecule has 0 aromatic carbocycles. The fraction of sp³-hybridized carbons (Fsp3) is 1.00. The fourth-order valence-electron chi connectivity index (χ4n) is 1.76. The molecule has 0 aliphatic carbocycles. The second-order valence-electron chi connectivity index (χ2n) is 4.50. The van der Waals surface area contributed by atoms with E-state index in [1.54, 1.807) is 12.8 Å². The molecule has 0 bridgehead atoms. The van der Waals surface area contributed by atoms with E-state index in [0.29, 0.717) is 20.9 Å². The molecule has 3 fully saturated rings. The third kappa shape index (κ3) is 4.70. The Kier molecular flexibility index (Phi) is 5.41. The first kappa shape index (κ1) is 13.2. The van der Waals surface area contributed by atoms with Gasteiger partial charge in [0.1, 0.15) is 0 Å². The van der Waals surface area contributed by atoms with Crippen molar-refractivity contribution in [3.63, 3.8) is 0 Å². The van der Waals surface area contributed by atoms with Crippen LogP contribution in [0.25, 0.3) is 0 Å². The summed E-state index contributed by atoms with van der Waals surface area (Å²) in [6, 6.07) is 0. The second kappa shape index (κ2) is 6.57. The first-order valence-electron chi connectivity index (χ1n) is 6.02. The fourth-order valence-corrected chi connectivity index (χ4v) is 13.4. The van der Waals surface area contributed by atoms with Crippen LogP contribution in [0.15, 0.2) is 0 Å². The Morgan fingerprint density at radius 3 is 1.88 bits per heavy atom. The molecule has 0 radical (unpaired) electrons. The Morgan fingerprint density at radius 2 is 1.44 bits per heavy atom. The van der Waals surface area contributed by atoms with Crippen LogP contribution in [0, 0.1) is 0 Å². The molecule has 0 nitrogen and oxygen atoms in total. The van der Waals surface area contributed by atoms with E-state index in [2.05, 4.69) is 47.0 Å². The van der Waals surface area contributed by atoms with E-state index < -0.39 is 0 Å². The SMILES string of the molecule is C1CC(SCC2CS2)[Te]C(SCC2CS2)C1. The average molecular weight is 406 g/mol. The first-order valence-corrected chi connectivity index (χ1v) is 12.9. The number of thioether (sulfide) groups is 4. The molecular formula is C11H18S4Te. The summed E-state index contributed by atoms with van der Waals surface area (Å²) >= 11 is 9.31. The molecule has 3 rings (SSSR count). The van der Waals surface area contributed by atoms with Crippen molar-refractivity contribution in [2.75, 3.05) is 23.0 Å². The van der Waals surface area contributed by atoms with Crippen LogP contribution in [0.1, 0.15) is 19.3 Å². The summed E-state index contributed by atoms with van der Waals surface area (Å²) in [6.07, 6.45) is 4.63. The minimum atomic E-state index is 0.296. The van der Waals surface area contributed by atoms with Gasteiger partial charge in [-0.15, -0.1) is 0 Å². The van der Waals surface area contributed by atoms with Crippen LogP contribution < -0.4 is 0 Å². The molecule has 3 aliphatic rings. The van der Waals surface area contributed by atoms with Gasteiger partial charge in [0, 0.05) is 0 Å². The van der Waals surface area contributed by atoms with Gasteiger partial charge in [-0.1, -0.05) is 0 Å². The van der Waals surface area contributed by atoms with Crippen molar-refractivity contribution in [1.82, 2.24) is 0 Å². The molecule has 3 heterocycles. The molecule has 4 unspecified atom stereocenters. The predicted octanol–water partition coefficient (Wildman–Crippen LogP) is 3.22. The van der Waals surface area contributed by atoms with Gasteiger partial charge < -0.3 is 0 Å². The van der Waals surface area contributed by atoms with E-state index in [-0.39, 0.29) is 0 Å². The Bertz CT molecular complexity index is 208. The van der Waals surface area contributed by atoms with Crippen molar-refractivity contribution in [3.05, 3.63) is 0 Å². The maximum atomic E-state index is 2.34. The van der Waals surface area contributed by atoms with Crippen molar-refractivity contribution >= 4 is 68.0 Å². The van der Waals surface area contributed by atoms with Crippen molar-refractivity contribution in [3.8, 4) is 0 Å². The summed E-state index contributed by atoms with van der Waals surface area (Å²) in [5.74, 6) is 5.85. The van der Waals surface area contributed by atoms with E-state index in [4.69, 9.17) is 0 Å². The number of hydrogen-bond donors (Lipinski definition) is 0. The molecule has 92 valence electrons. The van der Waals surface area contributed by atoms with Gasteiger partial charge in [-0.05, 0) is 0 Å². The minimum absolute atomic E-state index is 0.296. The molecule has 0 aromatic heterocycles. The molecule has 3 aliphatic heterocycles. The van der Waals surface area contributed by atoms with Gasteiger partial charge in [-0.2, -0.15) is 0 Å². The molecule has 5 heteroatoms. The zero-order valence-corrected chi connectivity index (χ0v) is 14.9. The van der Waals surface area contributed by atoms with E-state index in [1.165, 1.54) is 29.4 Å². The molecule has 4 atom stereocenters. The third-order valence-electron chi connectivity index (χ3n) is 2.92. The number of rotatable bonds is 6. The maximum absolute atomic E-state index is 2.34. The van der Waals surface area contributed by atoms with Crippen LogP contribution in [-0.4, -0.2) is 61.0 Å². The summed E-state index contributed by atoms with van der Waals surface area (Å²) in [6.45, 7) is 0. The van der Waals surface area contributed by atoms with Crippen molar-refractivity contribution < 1.29 is 0 Å². The van der Waals surface area contributed by atoms with Gasteiger partial charge in [0.25, 0.3) is 0 Å². The predicted molar refractivity (Wildman–Crippen MR) is 84.6 cm³/mol. The monoisotopic (exact) mass is 408 g/mol. The van der Waals surface area contributed by atoms with Gasteiger partial charge in [-0.3, -0.25) is 0 Å². The Labute approximate surface area is 126 Å². The van der Waals surface area contributed by atoms with Crippen LogP contribution in [0.4, 0.5) is 0 Å². The standard InChI is InChI=1S/C11H18S4Te/c1-2-10(14-6-8-4-12-8)16-11(3-1)15-7-9-5-13-9/h8-11H,1-7H2. The Balaban J connectivity index is 1.34. The molecule has 0 saturated carbocycles. The normalized spacial score (nSPS) is 42.0. The molecule has 0 amide bonds. The van der Waals surface area contributed by atoms with Crippen LogP contribution in [0.3, 0.4) is 0 Å². The van der Waals surface area contributed by atoms with Crippen LogP contribution in [0.5, 0.6) is 0 Å². The third-order valence-corrected chi connectivity index (χ3v) is 14.6. The first-order chi connectivity index (χ1) is 7.90. The zero-order chi connectivity index (χ0) is 10.8. The summed E-state index contributed by atoms with van der Waals surface area (Å²) < 4.78 is 2.26. The Morgan fingerprint density at radius 1 is 0.938 bits per heavy atom. The van der Waals surface area contributed by atoms with Crippen molar-refractivity contribution in [2.45, 2.75) is 36.4 Å². The molecule has 0 N–H and O–H groups in total. The molecule has 0 aromatic rings. The second-order valence-corrected chi connectivity index (χ2v) is 15.5. The van der Waals surface area contributed by atoms with Crippen molar-refractivity contribution in [2.24, 2.45) is 0 Å². The van der Waals surface area contributed by atoms with Gasteiger partial charge in [0.2, 0.25) is 0 Å². The quantitative estimate of drug-likeness (QED) is 0.491. The van der Waals surface area contributed by atoms with Gasteiger partial charge in [-0.25, -0.2) is 0 Å². The van der Waals surface area contributed by atoms with E-state index >= 15 is 0 Å². The van der Waals surface area contributed by atoms with E-state index in [9.17, 15) is 0 Å². The van der Waals surface area contributed by atoms with Gasteiger partial charge in [0.15, 0.2) is 0 Å².